The molecule has 0 saturated heterocycles. The minimum atomic E-state index is -2.55. The molecule has 2 aromatic heterocycles. The summed E-state index contributed by atoms with van der Waals surface area (Å²) in [6.07, 6.45) is 2.06. The summed E-state index contributed by atoms with van der Waals surface area (Å²) >= 11 is 3.22. The second kappa shape index (κ2) is 6.18. The number of halogens is 3. The maximum atomic E-state index is 13.2. The number of fused-ring (bicyclic) bond motifs is 1. The van der Waals surface area contributed by atoms with Gasteiger partial charge in [-0.2, -0.15) is 4.52 Å². The van der Waals surface area contributed by atoms with Gasteiger partial charge >= 0.3 is 6.01 Å². The summed E-state index contributed by atoms with van der Waals surface area (Å²) in [7, 11) is 0. The number of hydrogen-bond acceptors (Lipinski definition) is 4. The Morgan fingerprint density at radius 2 is 2.13 bits per heavy atom. The zero-order chi connectivity index (χ0) is 16.6. The fraction of sp³-hybridized carbons (Fsp3) is 0.643. The van der Waals surface area contributed by atoms with Crippen LogP contribution in [0, 0.1) is 5.92 Å². The normalized spacial score (nSPS) is 18.4. The molecule has 0 amide bonds. The Bertz CT molecular complexity index is 764. The van der Waals surface area contributed by atoms with Crippen molar-refractivity contribution in [3.8, 4) is 6.01 Å². The average Bonchev–Trinajstić information content (AvgIpc) is 2.88. The van der Waals surface area contributed by atoms with Gasteiger partial charge in [0, 0.05) is 19.4 Å². The van der Waals surface area contributed by atoms with Gasteiger partial charge < -0.3 is 4.74 Å². The van der Waals surface area contributed by atoms with Gasteiger partial charge in [-0.25, -0.2) is 13.8 Å². The molecule has 1 aliphatic carbocycles. The third-order valence-corrected chi connectivity index (χ3v) is 4.72. The third kappa shape index (κ3) is 3.24. The Balaban J connectivity index is 1.80. The Labute approximate surface area is 139 Å². The lowest BCUT2D eigenvalue weighted by Crippen LogP contribution is -2.30. The van der Waals surface area contributed by atoms with E-state index >= 15 is 0 Å². The maximum Gasteiger partial charge on any atom is 0.317 e. The number of ether oxygens (including phenoxy) is 1. The van der Waals surface area contributed by atoms with Crippen LogP contribution in [0.15, 0.2) is 15.7 Å². The van der Waals surface area contributed by atoms with Gasteiger partial charge in [0.2, 0.25) is 5.92 Å². The fourth-order valence-corrected chi connectivity index (χ4v) is 3.15. The van der Waals surface area contributed by atoms with Gasteiger partial charge in [0.15, 0.2) is 10.3 Å². The highest BCUT2D eigenvalue weighted by Gasteiger charge is 2.35. The Morgan fingerprint density at radius 3 is 2.78 bits per heavy atom. The van der Waals surface area contributed by atoms with Crippen molar-refractivity contribution < 1.29 is 13.5 Å². The number of alkyl halides is 2. The molecule has 0 spiro atoms. The third-order valence-electron chi connectivity index (χ3n) is 4.18. The van der Waals surface area contributed by atoms with Gasteiger partial charge in [-0.1, -0.05) is 0 Å². The molecule has 9 heteroatoms. The van der Waals surface area contributed by atoms with Crippen molar-refractivity contribution in [2.24, 2.45) is 5.92 Å². The maximum absolute atomic E-state index is 13.2. The second-order valence-electron chi connectivity index (χ2n) is 5.77. The molecule has 0 atom stereocenters. The molecule has 2 aromatic rings. The van der Waals surface area contributed by atoms with Crippen LogP contribution >= 0.6 is 15.9 Å². The molecule has 23 heavy (non-hydrogen) atoms. The summed E-state index contributed by atoms with van der Waals surface area (Å²) in [6, 6.07) is 0.182. The quantitative estimate of drug-likeness (QED) is 0.804. The monoisotopic (exact) mass is 390 g/mol. The van der Waals surface area contributed by atoms with Crippen molar-refractivity contribution >= 4 is 21.4 Å². The highest BCUT2D eigenvalue weighted by atomic mass is 79.9. The van der Waals surface area contributed by atoms with E-state index in [0.29, 0.717) is 29.6 Å². The lowest BCUT2D eigenvalue weighted by Gasteiger charge is -2.28. The van der Waals surface area contributed by atoms with E-state index in [2.05, 4.69) is 26.0 Å². The molecule has 1 aliphatic rings. The fourth-order valence-electron chi connectivity index (χ4n) is 2.77. The van der Waals surface area contributed by atoms with Crippen molar-refractivity contribution in [3.63, 3.8) is 0 Å². The smallest absolute Gasteiger partial charge is 0.317 e. The van der Waals surface area contributed by atoms with Crippen LogP contribution in [0.25, 0.3) is 5.52 Å². The van der Waals surface area contributed by atoms with E-state index in [1.807, 2.05) is 6.92 Å². The highest BCUT2D eigenvalue weighted by Crippen LogP contribution is 2.36. The van der Waals surface area contributed by atoms with Crippen LogP contribution in [0.5, 0.6) is 6.01 Å². The van der Waals surface area contributed by atoms with Crippen LogP contribution in [0.1, 0.15) is 32.6 Å². The molecule has 0 aliphatic heterocycles. The molecule has 0 N–H and O–H groups in total. The van der Waals surface area contributed by atoms with Crippen LogP contribution in [-0.4, -0.2) is 31.7 Å². The molecule has 126 valence electrons. The molecule has 0 aromatic carbocycles. The Hall–Kier alpha value is -1.51. The van der Waals surface area contributed by atoms with Gasteiger partial charge in [-0.3, -0.25) is 9.36 Å². The first-order valence-corrected chi connectivity index (χ1v) is 8.35. The van der Waals surface area contributed by atoms with E-state index < -0.39 is 5.92 Å². The molecular weight excluding hydrogens is 374 g/mol. The van der Waals surface area contributed by atoms with Gasteiger partial charge in [-0.15, -0.1) is 5.10 Å². The SMILES string of the molecule is CCn1c(OCC2CCC(F)(F)CC2)nn2c(Br)ncc2c1=O. The second-order valence-corrected chi connectivity index (χ2v) is 6.48. The number of nitrogens with zero attached hydrogens (tertiary/aromatic N) is 4. The molecule has 2 heterocycles. The minimum absolute atomic E-state index is 0.0544. The first-order valence-electron chi connectivity index (χ1n) is 7.56. The van der Waals surface area contributed by atoms with Crippen LogP contribution in [0.3, 0.4) is 0 Å². The van der Waals surface area contributed by atoms with Crippen molar-refractivity contribution in [1.29, 1.82) is 0 Å². The van der Waals surface area contributed by atoms with E-state index in [1.54, 1.807) is 0 Å². The Morgan fingerprint density at radius 1 is 1.43 bits per heavy atom. The standard InChI is InChI=1S/C14H17BrF2N4O2/c1-2-20-11(22)10-7-18-12(15)21(10)19-13(20)23-8-9-3-5-14(16,17)6-4-9/h7,9H,2-6,8H2,1H3. The van der Waals surface area contributed by atoms with Crippen molar-refractivity contribution in [2.75, 3.05) is 6.61 Å². The van der Waals surface area contributed by atoms with Crippen molar-refractivity contribution in [1.82, 2.24) is 19.2 Å². The van der Waals surface area contributed by atoms with Crippen LogP contribution < -0.4 is 10.3 Å². The highest BCUT2D eigenvalue weighted by molar-refractivity contribution is 9.10. The first-order chi connectivity index (χ1) is 10.9. The minimum Gasteiger partial charge on any atom is -0.463 e. The number of imidazole rings is 1. The summed E-state index contributed by atoms with van der Waals surface area (Å²) in [5.41, 5.74) is 0.106. The van der Waals surface area contributed by atoms with Crippen LogP contribution in [0.2, 0.25) is 0 Å². The molecule has 1 fully saturated rings. The first kappa shape index (κ1) is 16.4. The predicted molar refractivity (Wildman–Crippen MR) is 83.0 cm³/mol. The predicted octanol–water partition coefficient (Wildman–Crippen LogP) is 2.88. The molecule has 0 radical (unpaired) electrons. The average molecular weight is 391 g/mol. The molecule has 0 bridgehead atoms. The number of hydrogen-bond donors (Lipinski definition) is 0. The van der Waals surface area contributed by atoms with Gasteiger partial charge in [0.1, 0.15) is 0 Å². The molecular formula is C14H17BrF2N4O2. The van der Waals surface area contributed by atoms with E-state index in [9.17, 15) is 13.6 Å². The summed E-state index contributed by atoms with van der Waals surface area (Å²) < 4.78 is 35.3. The van der Waals surface area contributed by atoms with Crippen molar-refractivity contribution in [3.05, 3.63) is 21.3 Å². The molecule has 0 unspecified atom stereocenters. The number of rotatable bonds is 4. The van der Waals surface area contributed by atoms with Crippen molar-refractivity contribution in [2.45, 2.75) is 45.1 Å². The lowest BCUT2D eigenvalue weighted by molar-refractivity contribution is -0.0503. The van der Waals surface area contributed by atoms with Gasteiger partial charge in [0.25, 0.3) is 5.56 Å². The number of aromatic nitrogens is 4. The summed E-state index contributed by atoms with van der Waals surface area (Å²) in [5.74, 6) is -2.50. The van der Waals surface area contributed by atoms with E-state index in [4.69, 9.17) is 4.74 Å². The summed E-state index contributed by atoms with van der Waals surface area (Å²) in [4.78, 5) is 16.4. The van der Waals surface area contributed by atoms with Crippen LogP contribution in [0.4, 0.5) is 8.78 Å². The summed E-state index contributed by atoms with van der Waals surface area (Å²) in [5, 5.41) is 4.28. The van der Waals surface area contributed by atoms with E-state index in [0.717, 1.165) is 0 Å². The zero-order valence-electron chi connectivity index (χ0n) is 12.6. The lowest BCUT2D eigenvalue weighted by atomic mass is 9.87. The zero-order valence-corrected chi connectivity index (χ0v) is 14.2. The van der Waals surface area contributed by atoms with Gasteiger partial charge in [0.05, 0.1) is 12.8 Å². The molecule has 1 saturated carbocycles. The topological polar surface area (TPSA) is 61.4 Å². The Kier molecular flexibility index (Phi) is 4.39. The molecule has 6 nitrogen and oxygen atoms in total. The van der Waals surface area contributed by atoms with E-state index in [-0.39, 0.29) is 36.9 Å². The van der Waals surface area contributed by atoms with Crippen LogP contribution in [-0.2, 0) is 6.54 Å². The molecule has 3 rings (SSSR count). The van der Waals surface area contributed by atoms with Gasteiger partial charge in [-0.05, 0) is 41.6 Å². The largest absolute Gasteiger partial charge is 0.463 e. The van der Waals surface area contributed by atoms with E-state index in [1.165, 1.54) is 15.3 Å². The summed E-state index contributed by atoms with van der Waals surface area (Å²) in [6.45, 7) is 2.50.